The SMILES string of the molecule is CCCc1sc(=NC(=O)c2ccc(C(C)(C)C)cc2)n(CC)c1-c1ccc(Br)cc1. The molecular formula is C25H29BrN2OS. The molecule has 158 valence electrons. The van der Waals surface area contributed by atoms with Gasteiger partial charge in [0.05, 0.1) is 5.69 Å². The lowest BCUT2D eigenvalue weighted by molar-refractivity contribution is 0.0997. The first-order valence-electron chi connectivity index (χ1n) is 10.4. The first-order valence-corrected chi connectivity index (χ1v) is 12.0. The summed E-state index contributed by atoms with van der Waals surface area (Å²) in [5.41, 5.74) is 4.23. The molecule has 30 heavy (non-hydrogen) atoms. The maximum atomic E-state index is 12.9. The Kier molecular flexibility index (Phi) is 7.14. The second kappa shape index (κ2) is 9.44. The number of aryl methyl sites for hydroxylation is 1. The van der Waals surface area contributed by atoms with E-state index >= 15 is 0 Å². The number of benzene rings is 2. The summed E-state index contributed by atoms with van der Waals surface area (Å²) in [6.07, 6.45) is 2.02. The first-order chi connectivity index (χ1) is 14.2. The number of hydrogen-bond donors (Lipinski definition) is 0. The van der Waals surface area contributed by atoms with Crippen molar-refractivity contribution in [1.29, 1.82) is 0 Å². The summed E-state index contributed by atoms with van der Waals surface area (Å²) >= 11 is 5.14. The molecule has 0 atom stereocenters. The Hall–Kier alpha value is -1.98. The van der Waals surface area contributed by atoms with E-state index in [2.05, 4.69) is 84.4 Å². The molecule has 0 saturated heterocycles. The minimum absolute atomic E-state index is 0.0618. The molecule has 5 heteroatoms. The quantitative estimate of drug-likeness (QED) is 0.384. The predicted molar refractivity (Wildman–Crippen MR) is 130 cm³/mol. The minimum Gasteiger partial charge on any atom is -0.316 e. The van der Waals surface area contributed by atoms with Crippen molar-refractivity contribution in [2.45, 2.75) is 59.4 Å². The monoisotopic (exact) mass is 484 g/mol. The Bertz CT molecular complexity index is 1080. The molecule has 0 aliphatic carbocycles. The Morgan fingerprint density at radius 3 is 2.20 bits per heavy atom. The predicted octanol–water partition coefficient (Wildman–Crippen LogP) is 6.99. The number of hydrogen-bond acceptors (Lipinski definition) is 2. The fraction of sp³-hybridized carbons (Fsp3) is 0.360. The van der Waals surface area contributed by atoms with Crippen LogP contribution in [0.25, 0.3) is 11.3 Å². The van der Waals surface area contributed by atoms with Gasteiger partial charge < -0.3 is 4.57 Å². The molecule has 0 aliphatic rings. The van der Waals surface area contributed by atoms with Gasteiger partial charge in [0, 0.05) is 21.5 Å². The molecule has 1 amide bonds. The van der Waals surface area contributed by atoms with Gasteiger partial charge in [-0.2, -0.15) is 4.99 Å². The van der Waals surface area contributed by atoms with Gasteiger partial charge in [0.25, 0.3) is 5.91 Å². The molecule has 0 fully saturated rings. The normalized spacial score (nSPS) is 12.4. The Labute approximate surface area is 191 Å². The fourth-order valence-corrected chi connectivity index (χ4v) is 5.00. The van der Waals surface area contributed by atoms with Gasteiger partial charge in [-0.15, -0.1) is 11.3 Å². The molecule has 0 radical (unpaired) electrons. The van der Waals surface area contributed by atoms with Gasteiger partial charge >= 0.3 is 0 Å². The molecule has 3 nitrogen and oxygen atoms in total. The van der Waals surface area contributed by atoms with Crippen LogP contribution < -0.4 is 4.80 Å². The van der Waals surface area contributed by atoms with Gasteiger partial charge in [-0.3, -0.25) is 4.79 Å². The highest BCUT2D eigenvalue weighted by Crippen LogP contribution is 2.28. The maximum absolute atomic E-state index is 12.9. The first kappa shape index (κ1) is 22.7. The lowest BCUT2D eigenvalue weighted by Gasteiger charge is -2.18. The van der Waals surface area contributed by atoms with E-state index in [9.17, 15) is 4.79 Å². The molecule has 0 saturated carbocycles. The highest BCUT2D eigenvalue weighted by molar-refractivity contribution is 9.10. The molecule has 0 bridgehead atoms. The van der Waals surface area contributed by atoms with Crippen molar-refractivity contribution in [2.24, 2.45) is 4.99 Å². The average Bonchev–Trinajstić information content (AvgIpc) is 3.05. The zero-order chi connectivity index (χ0) is 21.9. The summed E-state index contributed by atoms with van der Waals surface area (Å²) in [7, 11) is 0. The van der Waals surface area contributed by atoms with Crippen LogP contribution in [0.15, 0.2) is 58.0 Å². The molecule has 3 rings (SSSR count). The van der Waals surface area contributed by atoms with Gasteiger partial charge in [0.1, 0.15) is 0 Å². The lowest BCUT2D eigenvalue weighted by atomic mass is 9.87. The molecule has 0 aliphatic heterocycles. The van der Waals surface area contributed by atoms with Crippen LogP contribution in [0.5, 0.6) is 0 Å². The van der Waals surface area contributed by atoms with Crippen LogP contribution in [-0.4, -0.2) is 10.5 Å². The fourth-order valence-electron chi connectivity index (χ4n) is 3.42. The third kappa shape index (κ3) is 5.01. The van der Waals surface area contributed by atoms with E-state index in [1.54, 1.807) is 11.3 Å². The summed E-state index contributed by atoms with van der Waals surface area (Å²) in [4.78, 5) is 19.5. The molecule has 1 aromatic heterocycles. The lowest BCUT2D eigenvalue weighted by Crippen LogP contribution is -2.17. The average molecular weight is 485 g/mol. The van der Waals surface area contributed by atoms with E-state index in [0.29, 0.717) is 5.56 Å². The van der Waals surface area contributed by atoms with E-state index < -0.39 is 0 Å². The van der Waals surface area contributed by atoms with Crippen molar-refractivity contribution < 1.29 is 4.79 Å². The third-order valence-corrected chi connectivity index (χ3v) is 6.75. The standard InChI is InChI=1S/C25H29BrN2OS/c1-6-8-21-22(17-11-15-20(26)16-12-17)28(7-2)24(30-21)27-23(29)18-9-13-19(14-10-18)25(3,4)5/h9-16H,6-8H2,1-5H3. The summed E-state index contributed by atoms with van der Waals surface area (Å²) in [5, 5.41) is 0. The van der Waals surface area contributed by atoms with Crippen LogP contribution >= 0.6 is 27.3 Å². The number of rotatable bonds is 5. The molecule has 0 unspecified atom stereocenters. The number of carbonyl (C=O) groups is 1. The molecule has 0 spiro atoms. The number of thiazole rings is 1. The largest absolute Gasteiger partial charge is 0.316 e. The second-order valence-corrected chi connectivity index (χ2v) is 10.4. The number of nitrogens with zero attached hydrogens (tertiary/aromatic N) is 2. The van der Waals surface area contributed by atoms with Crippen molar-refractivity contribution in [3.8, 4) is 11.3 Å². The zero-order valence-corrected chi connectivity index (χ0v) is 20.7. The zero-order valence-electron chi connectivity index (χ0n) is 18.3. The van der Waals surface area contributed by atoms with Crippen molar-refractivity contribution in [1.82, 2.24) is 4.57 Å². The van der Waals surface area contributed by atoms with Gasteiger partial charge in [0.2, 0.25) is 0 Å². The van der Waals surface area contributed by atoms with Crippen molar-refractivity contribution in [3.63, 3.8) is 0 Å². The summed E-state index contributed by atoms with van der Waals surface area (Å²) in [6, 6.07) is 16.2. The minimum atomic E-state index is -0.190. The van der Waals surface area contributed by atoms with Gasteiger partial charge in [-0.25, -0.2) is 0 Å². The molecular weight excluding hydrogens is 456 g/mol. The maximum Gasteiger partial charge on any atom is 0.279 e. The number of carbonyl (C=O) groups excluding carboxylic acids is 1. The Morgan fingerprint density at radius 2 is 1.67 bits per heavy atom. The van der Waals surface area contributed by atoms with Gasteiger partial charge in [0.15, 0.2) is 4.80 Å². The van der Waals surface area contributed by atoms with Crippen LogP contribution in [0.3, 0.4) is 0 Å². The molecule has 2 aromatic carbocycles. The Balaban J connectivity index is 2.06. The molecule has 0 N–H and O–H groups in total. The highest BCUT2D eigenvalue weighted by atomic mass is 79.9. The van der Waals surface area contributed by atoms with Gasteiger partial charge in [-0.1, -0.05) is 74.3 Å². The van der Waals surface area contributed by atoms with E-state index in [1.807, 2.05) is 24.3 Å². The van der Waals surface area contributed by atoms with E-state index in [-0.39, 0.29) is 11.3 Å². The molecule has 1 heterocycles. The number of halogens is 1. The van der Waals surface area contributed by atoms with E-state index in [1.165, 1.54) is 16.1 Å². The smallest absolute Gasteiger partial charge is 0.279 e. The summed E-state index contributed by atoms with van der Waals surface area (Å²) in [6.45, 7) is 11.6. The van der Waals surface area contributed by atoms with Crippen LogP contribution in [0.1, 0.15) is 61.8 Å². The summed E-state index contributed by atoms with van der Waals surface area (Å²) in [5.74, 6) is -0.190. The van der Waals surface area contributed by atoms with Crippen LogP contribution in [0.2, 0.25) is 0 Å². The van der Waals surface area contributed by atoms with Crippen molar-refractivity contribution >= 4 is 33.2 Å². The van der Waals surface area contributed by atoms with Crippen LogP contribution in [0, 0.1) is 0 Å². The highest BCUT2D eigenvalue weighted by Gasteiger charge is 2.17. The number of amides is 1. The van der Waals surface area contributed by atoms with Crippen molar-refractivity contribution in [2.75, 3.05) is 0 Å². The van der Waals surface area contributed by atoms with Crippen molar-refractivity contribution in [3.05, 3.63) is 73.8 Å². The van der Waals surface area contributed by atoms with Crippen LogP contribution in [-0.2, 0) is 18.4 Å². The third-order valence-electron chi connectivity index (χ3n) is 5.09. The number of aromatic nitrogens is 1. The molecule has 3 aromatic rings. The topological polar surface area (TPSA) is 34.4 Å². The Morgan fingerprint density at radius 1 is 1.03 bits per heavy atom. The van der Waals surface area contributed by atoms with Gasteiger partial charge in [-0.05, 0) is 54.2 Å². The second-order valence-electron chi connectivity index (χ2n) is 8.40. The van der Waals surface area contributed by atoms with E-state index in [0.717, 1.165) is 34.2 Å². The van der Waals surface area contributed by atoms with Crippen LogP contribution in [0.4, 0.5) is 0 Å². The summed E-state index contributed by atoms with van der Waals surface area (Å²) < 4.78 is 3.22. The van der Waals surface area contributed by atoms with E-state index in [4.69, 9.17) is 0 Å².